The van der Waals surface area contributed by atoms with E-state index in [2.05, 4.69) is 24.1 Å². The molecule has 1 aliphatic rings. The SMILES string of the molecule is CC[C@H]1[C@H](C)[C@@H](Nc2cccc(C)n2)c2cc(C(=O)O)ccc2N1C(C)=O. The van der Waals surface area contributed by atoms with Crippen molar-refractivity contribution in [1.29, 1.82) is 0 Å². The predicted molar refractivity (Wildman–Crippen MR) is 105 cm³/mol. The van der Waals surface area contributed by atoms with Gasteiger partial charge in [-0.05, 0) is 49.2 Å². The Labute approximate surface area is 159 Å². The van der Waals surface area contributed by atoms with Crippen molar-refractivity contribution in [2.75, 3.05) is 10.2 Å². The van der Waals surface area contributed by atoms with Gasteiger partial charge in [-0.15, -0.1) is 0 Å². The third-order valence-electron chi connectivity index (χ3n) is 5.28. The van der Waals surface area contributed by atoms with Crippen LogP contribution >= 0.6 is 0 Å². The molecule has 0 aliphatic carbocycles. The standard InChI is InChI=1S/C21H25N3O3/c1-5-17-13(3)20(23-19-8-6-7-12(2)22-19)16-11-15(21(26)27)9-10-18(16)24(17)14(4)25/h6-11,13,17,20H,5H2,1-4H3,(H,22,23)(H,26,27)/t13-,17-,20+/m0/s1. The third-order valence-corrected chi connectivity index (χ3v) is 5.28. The van der Waals surface area contributed by atoms with Gasteiger partial charge in [0.15, 0.2) is 0 Å². The quantitative estimate of drug-likeness (QED) is 0.853. The highest BCUT2D eigenvalue weighted by molar-refractivity contribution is 5.95. The summed E-state index contributed by atoms with van der Waals surface area (Å²) in [6, 6.07) is 10.6. The minimum absolute atomic E-state index is 0.0213. The molecule has 0 bridgehead atoms. The van der Waals surface area contributed by atoms with Crippen LogP contribution in [0.3, 0.4) is 0 Å². The lowest BCUT2D eigenvalue weighted by Crippen LogP contribution is -2.49. The molecule has 1 aromatic carbocycles. The molecule has 3 rings (SSSR count). The van der Waals surface area contributed by atoms with Crippen LogP contribution in [0.4, 0.5) is 11.5 Å². The summed E-state index contributed by atoms with van der Waals surface area (Å²) < 4.78 is 0. The number of aromatic nitrogens is 1. The van der Waals surface area contributed by atoms with E-state index in [0.717, 1.165) is 29.2 Å². The second kappa shape index (κ2) is 7.39. The first kappa shape index (κ1) is 18.9. The first-order valence-corrected chi connectivity index (χ1v) is 9.20. The molecule has 27 heavy (non-hydrogen) atoms. The van der Waals surface area contributed by atoms with Gasteiger partial charge >= 0.3 is 5.97 Å². The van der Waals surface area contributed by atoms with Crippen LogP contribution in [0.1, 0.15) is 54.8 Å². The minimum atomic E-state index is -0.982. The van der Waals surface area contributed by atoms with Crippen LogP contribution in [0.5, 0.6) is 0 Å². The molecule has 1 aliphatic heterocycles. The van der Waals surface area contributed by atoms with Crippen LogP contribution < -0.4 is 10.2 Å². The molecule has 1 aromatic heterocycles. The summed E-state index contributed by atoms with van der Waals surface area (Å²) in [4.78, 5) is 30.2. The highest BCUT2D eigenvalue weighted by Crippen LogP contribution is 2.43. The van der Waals surface area contributed by atoms with Crippen molar-refractivity contribution in [3.05, 3.63) is 53.2 Å². The molecule has 2 aromatic rings. The Hall–Kier alpha value is -2.89. The van der Waals surface area contributed by atoms with E-state index >= 15 is 0 Å². The summed E-state index contributed by atoms with van der Waals surface area (Å²) in [5.74, 6) is -0.197. The van der Waals surface area contributed by atoms with Gasteiger partial charge in [-0.1, -0.05) is 19.9 Å². The maximum Gasteiger partial charge on any atom is 0.335 e. The van der Waals surface area contributed by atoms with Gasteiger partial charge in [-0.25, -0.2) is 9.78 Å². The largest absolute Gasteiger partial charge is 0.478 e. The second-order valence-corrected chi connectivity index (χ2v) is 7.09. The number of aryl methyl sites for hydroxylation is 1. The number of carbonyl (C=O) groups is 2. The van der Waals surface area contributed by atoms with Crippen molar-refractivity contribution in [2.24, 2.45) is 5.92 Å². The molecule has 3 atom stereocenters. The van der Waals surface area contributed by atoms with Crippen molar-refractivity contribution in [3.63, 3.8) is 0 Å². The lowest BCUT2D eigenvalue weighted by Gasteiger charge is -2.45. The molecule has 142 valence electrons. The molecule has 1 amide bonds. The van der Waals surface area contributed by atoms with Crippen LogP contribution in [0, 0.1) is 12.8 Å². The van der Waals surface area contributed by atoms with Crippen LogP contribution in [0.15, 0.2) is 36.4 Å². The number of hydrogen-bond acceptors (Lipinski definition) is 4. The second-order valence-electron chi connectivity index (χ2n) is 7.09. The number of carboxylic acid groups (broad SMARTS) is 1. The molecular weight excluding hydrogens is 342 g/mol. The van der Waals surface area contributed by atoms with Crippen molar-refractivity contribution in [3.8, 4) is 0 Å². The summed E-state index contributed by atoms with van der Waals surface area (Å²) in [6.07, 6.45) is 0.806. The first-order valence-electron chi connectivity index (χ1n) is 9.20. The maximum atomic E-state index is 12.4. The zero-order chi connectivity index (χ0) is 19.7. The molecule has 2 heterocycles. The van der Waals surface area contributed by atoms with Crippen molar-refractivity contribution >= 4 is 23.4 Å². The van der Waals surface area contributed by atoms with E-state index in [-0.39, 0.29) is 29.5 Å². The molecule has 0 radical (unpaired) electrons. The summed E-state index contributed by atoms with van der Waals surface area (Å²) in [5, 5.41) is 12.9. The highest BCUT2D eigenvalue weighted by Gasteiger charge is 2.40. The molecule has 0 spiro atoms. The Morgan fingerprint density at radius 2 is 2.00 bits per heavy atom. The van der Waals surface area contributed by atoms with Gasteiger partial charge in [-0.2, -0.15) is 0 Å². The number of amides is 1. The summed E-state index contributed by atoms with van der Waals surface area (Å²) in [6.45, 7) is 7.64. The number of hydrogen-bond donors (Lipinski definition) is 2. The van der Waals surface area contributed by atoms with E-state index in [9.17, 15) is 14.7 Å². The zero-order valence-electron chi connectivity index (χ0n) is 16.1. The highest BCUT2D eigenvalue weighted by atomic mass is 16.4. The van der Waals surface area contributed by atoms with E-state index in [4.69, 9.17) is 0 Å². The van der Waals surface area contributed by atoms with Gasteiger partial charge in [0.25, 0.3) is 0 Å². The zero-order valence-corrected chi connectivity index (χ0v) is 16.1. The fourth-order valence-corrected chi connectivity index (χ4v) is 4.02. The average molecular weight is 367 g/mol. The van der Waals surface area contributed by atoms with Crippen LogP contribution in [0.2, 0.25) is 0 Å². The fourth-order valence-electron chi connectivity index (χ4n) is 4.02. The molecule has 0 saturated heterocycles. The van der Waals surface area contributed by atoms with Gasteiger partial charge in [0, 0.05) is 30.3 Å². The van der Waals surface area contributed by atoms with Crippen LogP contribution in [0.25, 0.3) is 0 Å². The molecule has 0 unspecified atom stereocenters. The lowest BCUT2D eigenvalue weighted by atomic mass is 9.80. The number of fused-ring (bicyclic) bond motifs is 1. The summed E-state index contributed by atoms with van der Waals surface area (Å²) in [5.41, 5.74) is 2.69. The Kier molecular flexibility index (Phi) is 5.17. The summed E-state index contributed by atoms with van der Waals surface area (Å²) in [7, 11) is 0. The Morgan fingerprint density at radius 3 is 2.59 bits per heavy atom. The number of pyridine rings is 1. The molecule has 0 saturated carbocycles. The van der Waals surface area contributed by atoms with E-state index in [1.807, 2.05) is 25.1 Å². The normalized spacial score (nSPS) is 21.5. The Bertz CT molecular complexity index is 881. The molecular formula is C21H25N3O3. The minimum Gasteiger partial charge on any atom is -0.478 e. The number of nitrogens with one attached hydrogen (secondary N) is 1. The molecule has 6 heteroatoms. The molecule has 6 nitrogen and oxygen atoms in total. The van der Waals surface area contributed by atoms with E-state index in [0.29, 0.717) is 0 Å². The number of rotatable bonds is 4. The number of carboxylic acids is 1. The molecule has 2 N–H and O–H groups in total. The van der Waals surface area contributed by atoms with Gasteiger partial charge < -0.3 is 15.3 Å². The van der Waals surface area contributed by atoms with Gasteiger partial charge in [-0.3, -0.25) is 4.79 Å². The van der Waals surface area contributed by atoms with Gasteiger partial charge in [0.05, 0.1) is 11.6 Å². The lowest BCUT2D eigenvalue weighted by molar-refractivity contribution is -0.117. The number of anilines is 2. The predicted octanol–water partition coefficient (Wildman–Crippen LogP) is 4.02. The molecule has 0 fully saturated rings. The average Bonchev–Trinajstić information content (AvgIpc) is 2.62. The topological polar surface area (TPSA) is 82.5 Å². The van der Waals surface area contributed by atoms with E-state index in [1.165, 1.54) is 0 Å². The maximum absolute atomic E-state index is 12.4. The monoisotopic (exact) mass is 367 g/mol. The van der Waals surface area contributed by atoms with Crippen LogP contribution in [-0.2, 0) is 4.79 Å². The fraction of sp³-hybridized carbons (Fsp3) is 0.381. The first-order chi connectivity index (χ1) is 12.8. The number of benzene rings is 1. The van der Waals surface area contributed by atoms with Crippen molar-refractivity contribution in [2.45, 2.75) is 46.2 Å². The third kappa shape index (κ3) is 3.52. The van der Waals surface area contributed by atoms with Crippen molar-refractivity contribution in [1.82, 2.24) is 4.98 Å². The Balaban J connectivity index is 2.14. The Morgan fingerprint density at radius 1 is 1.26 bits per heavy atom. The number of aromatic carboxylic acids is 1. The number of nitrogens with zero attached hydrogens (tertiary/aromatic N) is 2. The summed E-state index contributed by atoms with van der Waals surface area (Å²) >= 11 is 0. The van der Waals surface area contributed by atoms with Gasteiger partial charge in [0.2, 0.25) is 5.91 Å². The van der Waals surface area contributed by atoms with Crippen LogP contribution in [-0.4, -0.2) is 28.0 Å². The number of carbonyl (C=O) groups excluding carboxylic acids is 1. The van der Waals surface area contributed by atoms with Gasteiger partial charge in [0.1, 0.15) is 5.82 Å². The smallest absolute Gasteiger partial charge is 0.335 e. The van der Waals surface area contributed by atoms with E-state index < -0.39 is 5.97 Å². The van der Waals surface area contributed by atoms with Crippen molar-refractivity contribution < 1.29 is 14.7 Å². The van der Waals surface area contributed by atoms with E-state index in [1.54, 1.807) is 30.0 Å².